The Morgan fingerprint density at radius 3 is 2.69 bits per heavy atom. The minimum absolute atomic E-state index is 0.0391. The monoisotopic (exact) mass is 351 g/mol. The summed E-state index contributed by atoms with van der Waals surface area (Å²) in [5, 5.41) is 3.00. The highest BCUT2D eigenvalue weighted by Gasteiger charge is 2.11. The Bertz CT molecular complexity index is 843. The molecule has 0 bridgehead atoms. The van der Waals surface area contributed by atoms with Crippen LogP contribution in [0.25, 0.3) is 11.0 Å². The lowest BCUT2D eigenvalue weighted by atomic mass is 10.1. The van der Waals surface area contributed by atoms with Crippen LogP contribution in [0, 0.1) is 0 Å². The molecule has 0 atom stereocenters. The van der Waals surface area contributed by atoms with E-state index in [0.717, 1.165) is 29.8 Å². The van der Waals surface area contributed by atoms with Crippen LogP contribution in [0.3, 0.4) is 0 Å². The lowest BCUT2D eigenvalue weighted by molar-refractivity contribution is -0.121. The van der Waals surface area contributed by atoms with E-state index in [2.05, 4.69) is 20.9 Å². The number of carbonyl (C=O) groups is 1. The summed E-state index contributed by atoms with van der Waals surface area (Å²) in [6, 6.07) is 18.1. The molecule has 0 aliphatic rings. The Balaban J connectivity index is 1.62. The number of aromatic nitrogens is 2. The minimum Gasteiger partial charge on any atom is -0.380 e. The maximum Gasteiger partial charge on any atom is 0.220 e. The summed E-state index contributed by atoms with van der Waals surface area (Å²) in [5.41, 5.74) is 3.19. The first-order valence-electron chi connectivity index (χ1n) is 9.10. The van der Waals surface area contributed by atoms with Crippen LogP contribution in [-0.4, -0.2) is 28.7 Å². The quantitative estimate of drug-likeness (QED) is 0.602. The van der Waals surface area contributed by atoms with Crippen LogP contribution in [0.15, 0.2) is 54.6 Å². The Morgan fingerprint density at radius 2 is 1.88 bits per heavy atom. The Morgan fingerprint density at radius 1 is 1.12 bits per heavy atom. The topological polar surface area (TPSA) is 56.1 Å². The van der Waals surface area contributed by atoms with Gasteiger partial charge in [0, 0.05) is 19.6 Å². The Hall–Kier alpha value is -2.66. The number of hydrogen-bond acceptors (Lipinski definition) is 3. The third-order valence-corrected chi connectivity index (χ3v) is 4.32. The molecule has 0 aliphatic carbocycles. The van der Waals surface area contributed by atoms with Crippen molar-refractivity contribution in [1.29, 1.82) is 0 Å². The highest BCUT2D eigenvalue weighted by Crippen LogP contribution is 2.16. The first-order valence-corrected chi connectivity index (χ1v) is 9.10. The molecular weight excluding hydrogens is 326 g/mol. The molecule has 0 spiro atoms. The SMILES string of the molecule is CCOCCn1c(CNC(=O)CCc2ccccc2)nc2ccccc21. The molecule has 2 aromatic carbocycles. The zero-order chi connectivity index (χ0) is 18.2. The van der Waals surface area contributed by atoms with Crippen molar-refractivity contribution in [3.63, 3.8) is 0 Å². The van der Waals surface area contributed by atoms with Gasteiger partial charge in [0.15, 0.2) is 0 Å². The van der Waals surface area contributed by atoms with Crippen LogP contribution in [0.1, 0.15) is 24.7 Å². The number of amides is 1. The van der Waals surface area contributed by atoms with Crippen LogP contribution < -0.4 is 5.32 Å². The molecule has 3 aromatic rings. The number of benzene rings is 2. The molecule has 5 heteroatoms. The number of carbonyl (C=O) groups excluding carboxylic acids is 1. The van der Waals surface area contributed by atoms with E-state index >= 15 is 0 Å². The van der Waals surface area contributed by atoms with E-state index in [0.29, 0.717) is 26.2 Å². The van der Waals surface area contributed by atoms with E-state index in [-0.39, 0.29) is 5.91 Å². The fourth-order valence-electron chi connectivity index (χ4n) is 2.98. The Labute approximate surface area is 154 Å². The second kappa shape index (κ2) is 9.15. The molecule has 0 aliphatic heterocycles. The van der Waals surface area contributed by atoms with Gasteiger partial charge >= 0.3 is 0 Å². The van der Waals surface area contributed by atoms with Crippen LogP contribution in [0.2, 0.25) is 0 Å². The number of fused-ring (bicyclic) bond motifs is 1. The van der Waals surface area contributed by atoms with E-state index < -0.39 is 0 Å². The van der Waals surface area contributed by atoms with Gasteiger partial charge in [-0.05, 0) is 31.0 Å². The summed E-state index contributed by atoms with van der Waals surface area (Å²) in [6.07, 6.45) is 1.22. The number of nitrogens with zero attached hydrogens (tertiary/aromatic N) is 2. The molecule has 0 fully saturated rings. The number of nitrogens with one attached hydrogen (secondary N) is 1. The molecule has 0 saturated carbocycles. The Kier molecular flexibility index (Phi) is 6.39. The fourth-order valence-corrected chi connectivity index (χ4v) is 2.98. The molecule has 1 aromatic heterocycles. The largest absolute Gasteiger partial charge is 0.380 e. The van der Waals surface area contributed by atoms with Crippen molar-refractivity contribution in [2.24, 2.45) is 0 Å². The van der Waals surface area contributed by atoms with Crippen molar-refractivity contribution in [3.05, 3.63) is 66.0 Å². The predicted octanol–water partition coefficient (Wildman–Crippen LogP) is 3.32. The van der Waals surface area contributed by atoms with Gasteiger partial charge in [0.2, 0.25) is 5.91 Å². The molecule has 26 heavy (non-hydrogen) atoms. The van der Waals surface area contributed by atoms with Crippen molar-refractivity contribution < 1.29 is 9.53 Å². The average molecular weight is 351 g/mol. The molecule has 0 saturated heterocycles. The molecular formula is C21H25N3O2. The van der Waals surface area contributed by atoms with E-state index in [1.165, 1.54) is 5.56 Å². The molecule has 136 valence electrons. The molecule has 0 radical (unpaired) electrons. The van der Waals surface area contributed by atoms with Crippen molar-refractivity contribution in [1.82, 2.24) is 14.9 Å². The summed E-state index contributed by atoms with van der Waals surface area (Å²) in [4.78, 5) is 16.9. The fraction of sp³-hybridized carbons (Fsp3) is 0.333. The smallest absolute Gasteiger partial charge is 0.220 e. The van der Waals surface area contributed by atoms with Crippen LogP contribution in [0.5, 0.6) is 0 Å². The second-order valence-corrected chi connectivity index (χ2v) is 6.13. The van der Waals surface area contributed by atoms with Gasteiger partial charge in [0.25, 0.3) is 0 Å². The minimum atomic E-state index is 0.0391. The van der Waals surface area contributed by atoms with Crippen LogP contribution >= 0.6 is 0 Å². The number of para-hydroxylation sites is 2. The number of imidazole rings is 1. The van der Waals surface area contributed by atoms with Gasteiger partial charge < -0.3 is 14.6 Å². The van der Waals surface area contributed by atoms with Crippen molar-refractivity contribution in [3.8, 4) is 0 Å². The second-order valence-electron chi connectivity index (χ2n) is 6.13. The average Bonchev–Trinajstić information content (AvgIpc) is 3.03. The van der Waals surface area contributed by atoms with Crippen molar-refractivity contribution >= 4 is 16.9 Å². The zero-order valence-electron chi connectivity index (χ0n) is 15.1. The van der Waals surface area contributed by atoms with Gasteiger partial charge in [-0.3, -0.25) is 4.79 Å². The van der Waals surface area contributed by atoms with Gasteiger partial charge in [-0.2, -0.15) is 0 Å². The summed E-state index contributed by atoms with van der Waals surface area (Å²) < 4.78 is 7.62. The number of ether oxygens (including phenoxy) is 1. The molecule has 1 amide bonds. The van der Waals surface area contributed by atoms with Crippen LogP contribution in [0.4, 0.5) is 0 Å². The standard InChI is InChI=1S/C21H25N3O2/c1-2-26-15-14-24-19-11-7-6-10-18(19)23-20(24)16-22-21(25)13-12-17-8-4-3-5-9-17/h3-11H,2,12-16H2,1H3,(H,22,25). The van der Waals surface area contributed by atoms with Gasteiger partial charge in [-0.1, -0.05) is 42.5 Å². The first-order chi connectivity index (χ1) is 12.8. The third kappa shape index (κ3) is 4.70. The normalized spacial score (nSPS) is 11.0. The number of rotatable bonds is 9. The van der Waals surface area contributed by atoms with Gasteiger partial charge in [-0.25, -0.2) is 4.98 Å². The molecule has 1 N–H and O–H groups in total. The first kappa shape index (κ1) is 18.1. The number of hydrogen-bond donors (Lipinski definition) is 1. The molecule has 1 heterocycles. The maximum atomic E-state index is 12.2. The van der Waals surface area contributed by atoms with E-state index in [1.54, 1.807) is 0 Å². The summed E-state index contributed by atoms with van der Waals surface area (Å²) in [6.45, 7) is 4.46. The molecule has 5 nitrogen and oxygen atoms in total. The molecule has 3 rings (SSSR count). The highest BCUT2D eigenvalue weighted by molar-refractivity contribution is 5.77. The molecule has 0 unspecified atom stereocenters. The van der Waals surface area contributed by atoms with Gasteiger partial charge in [0.05, 0.1) is 24.2 Å². The van der Waals surface area contributed by atoms with Gasteiger partial charge in [0.1, 0.15) is 5.82 Å². The summed E-state index contributed by atoms with van der Waals surface area (Å²) in [7, 11) is 0. The van der Waals surface area contributed by atoms with E-state index in [9.17, 15) is 4.79 Å². The van der Waals surface area contributed by atoms with Crippen molar-refractivity contribution in [2.75, 3.05) is 13.2 Å². The number of aryl methyl sites for hydroxylation is 1. The summed E-state index contributed by atoms with van der Waals surface area (Å²) >= 11 is 0. The lowest BCUT2D eigenvalue weighted by Crippen LogP contribution is -2.25. The third-order valence-electron chi connectivity index (χ3n) is 4.32. The zero-order valence-corrected chi connectivity index (χ0v) is 15.1. The van der Waals surface area contributed by atoms with Crippen molar-refractivity contribution in [2.45, 2.75) is 32.9 Å². The van der Waals surface area contributed by atoms with E-state index in [4.69, 9.17) is 4.74 Å². The lowest BCUT2D eigenvalue weighted by Gasteiger charge is -2.10. The maximum absolute atomic E-state index is 12.2. The predicted molar refractivity (Wildman–Crippen MR) is 103 cm³/mol. The van der Waals surface area contributed by atoms with Crippen LogP contribution in [-0.2, 0) is 29.0 Å². The van der Waals surface area contributed by atoms with E-state index in [1.807, 2.05) is 55.5 Å². The van der Waals surface area contributed by atoms with Gasteiger partial charge in [-0.15, -0.1) is 0 Å². The summed E-state index contributed by atoms with van der Waals surface area (Å²) in [5.74, 6) is 0.899. The highest BCUT2D eigenvalue weighted by atomic mass is 16.5.